The molecule has 25 heavy (non-hydrogen) atoms. The molecule has 1 amide bonds. The van der Waals surface area contributed by atoms with E-state index in [0.29, 0.717) is 18.7 Å². The van der Waals surface area contributed by atoms with Gasteiger partial charge in [-0.25, -0.2) is 8.42 Å². The fraction of sp³-hybridized carbons (Fsp3) is 0.588. The van der Waals surface area contributed by atoms with Gasteiger partial charge in [-0.3, -0.25) is 4.79 Å². The zero-order valence-corrected chi connectivity index (χ0v) is 15.1. The van der Waals surface area contributed by atoms with Gasteiger partial charge in [0.1, 0.15) is 0 Å². The minimum absolute atomic E-state index is 0.0250. The zero-order chi connectivity index (χ0) is 18.0. The van der Waals surface area contributed by atoms with Crippen LogP contribution < -0.4 is 0 Å². The summed E-state index contributed by atoms with van der Waals surface area (Å²) in [6.45, 7) is 1.34. The van der Waals surface area contributed by atoms with Crippen LogP contribution >= 0.6 is 0 Å². The van der Waals surface area contributed by atoms with Crippen molar-refractivity contribution in [2.24, 2.45) is 0 Å². The van der Waals surface area contributed by atoms with Gasteiger partial charge in [0.05, 0.1) is 23.6 Å². The van der Waals surface area contributed by atoms with Crippen LogP contribution in [-0.4, -0.2) is 74.1 Å². The predicted molar refractivity (Wildman–Crippen MR) is 91.8 cm³/mol. The average Bonchev–Trinajstić information content (AvgIpc) is 2.59. The molecule has 2 aliphatic heterocycles. The molecule has 2 saturated heterocycles. The number of hydrogen-bond donors (Lipinski definition) is 1. The molecule has 2 aliphatic rings. The Balaban J connectivity index is 1.82. The highest BCUT2D eigenvalue weighted by molar-refractivity contribution is 7.89. The van der Waals surface area contributed by atoms with Crippen LogP contribution in [0.1, 0.15) is 29.6 Å². The van der Waals surface area contributed by atoms with E-state index >= 15 is 0 Å². The molecule has 0 unspecified atom stereocenters. The molecular weight excluding hydrogens is 344 g/mol. The summed E-state index contributed by atoms with van der Waals surface area (Å²) in [4.78, 5) is 14.8. The van der Waals surface area contributed by atoms with E-state index in [1.165, 1.54) is 16.4 Å². The number of amides is 1. The van der Waals surface area contributed by atoms with Gasteiger partial charge in [-0.05, 0) is 37.5 Å². The van der Waals surface area contributed by atoms with E-state index < -0.39 is 16.1 Å². The molecule has 0 aromatic heterocycles. The van der Waals surface area contributed by atoms with E-state index in [2.05, 4.69) is 0 Å². The molecule has 1 atom stereocenters. The summed E-state index contributed by atoms with van der Waals surface area (Å²) >= 11 is 0. The van der Waals surface area contributed by atoms with Gasteiger partial charge in [0.25, 0.3) is 5.91 Å². The van der Waals surface area contributed by atoms with Crippen molar-refractivity contribution in [3.8, 4) is 0 Å². The standard InChI is InChI=1S/C17H24N2O5S/c1-24-12-14-6-2-3-8-19(14)17(21)13-5-4-7-16(9-13)25(22,23)18-10-15(20)11-18/h4-5,7,9,14-15,20H,2-3,6,8,10-12H2,1H3/t14-/m1/s1. The number of likely N-dealkylation sites (tertiary alicyclic amines) is 1. The Kier molecular flexibility index (Phi) is 5.43. The topological polar surface area (TPSA) is 87.2 Å². The zero-order valence-electron chi connectivity index (χ0n) is 14.3. The normalized spacial score (nSPS) is 22.6. The van der Waals surface area contributed by atoms with Crippen molar-refractivity contribution in [2.45, 2.75) is 36.3 Å². The van der Waals surface area contributed by atoms with Crippen molar-refractivity contribution in [2.75, 3.05) is 33.4 Å². The van der Waals surface area contributed by atoms with Crippen LogP contribution in [0, 0.1) is 0 Å². The number of nitrogens with zero attached hydrogens (tertiary/aromatic N) is 2. The van der Waals surface area contributed by atoms with Crippen molar-refractivity contribution in [1.29, 1.82) is 0 Å². The SMILES string of the molecule is COC[C@H]1CCCCN1C(=O)c1cccc(S(=O)(=O)N2CC(O)C2)c1. The molecule has 0 radical (unpaired) electrons. The highest BCUT2D eigenvalue weighted by Gasteiger charge is 2.36. The first-order chi connectivity index (χ1) is 11.9. The summed E-state index contributed by atoms with van der Waals surface area (Å²) in [6.07, 6.45) is 2.28. The number of carbonyl (C=O) groups excluding carboxylic acids is 1. The van der Waals surface area contributed by atoms with Gasteiger partial charge in [0, 0.05) is 32.3 Å². The maximum Gasteiger partial charge on any atom is 0.254 e. The average molecular weight is 368 g/mol. The molecule has 0 bridgehead atoms. The largest absolute Gasteiger partial charge is 0.390 e. The Morgan fingerprint density at radius 1 is 1.32 bits per heavy atom. The lowest BCUT2D eigenvalue weighted by Gasteiger charge is -2.36. The smallest absolute Gasteiger partial charge is 0.254 e. The van der Waals surface area contributed by atoms with E-state index in [1.54, 1.807) is 24.1 Å². The number of hydrogen-bond acceptors (Lipinski definition) is 5. The third-order valence-corrected chi connectivity index (χ3v) is 6.62. The summed E-state index contributed by atoms with van der Waals surface area (Å²) in [5.74, 6) is -0.164. The van der Waals surface area contributed by atoms with Crippen LogP contribution in [0.15, 0.2) is 29.2 Å². The van der Waals surface area contributed by atoms with Gasteiger partial charge >= 0.3 is 0 Å². The molecule has 0 saturated carbocycles. The van der Waals surface area contributed by atoms with Crippen LogP contribution in [0.25, 0.3) is 0 Å². The first kappa shape index (κ1) is 18.3. The van der Waals surface area contributed by atoms with Crippen LogP contribution in [0.5, 0.6) is 0 Å². The Morgan fingerprint density at radius 3 is 2.76 bits per heavy atom. The Bertz CT molecular complexity index is 728. The highest BCUT2D eigenvalue weighted by Crippen LogP contribution is 2.24. The fourth-order valence-electron chi connectivity index (χ4n) is 3.35. The van der Waals surface area contributed by atoms with Gasteiger partial charge in [-0.2, -0.15) is 4.31 Å². The maximum atomic E-state index is 12.9. The molecule has 2 heterocycles. The van der Waals surface area contributed by atoms with Crippen molar-refractivity contribution in [1.82, 2.24) is 9.21 Å². The quantitative estimate of drug-likeness (QED) is 0.826. The summed E-state index contributed by atoms with van der Waals surface area (Å²) in [5.41, 5.74) is 0.366. The van der Waals surface area contributed by atoms with E-state index in [4.69, 9.17) is 4.74 Å². The first-order valence-corrected chi connectivity index (χ1v) is 9.95. The molecule has 138 valence electrons. The highest BCUT2D eigenvalue weighted by atomic mass is 32.2. The number of benzene rings is 1. The van der Waals surface area contributed by atoms with Gasteiger partial charge in [-0.1, -0.05) is 6.07 Å². The molecule has 1 N–H and O–H groups in total. The van der Waals surface area contributed by atoms with E-state index in [1.807, 2.05) is 0 Å². The number of rotatable bonds is 5. The molecule has 8 heteroatoms. The number of β-amino-alcohol motifs (C(OH)–C–C–N with tert-alkyl or cyclic N) is 1. The molecule has 0 spiro atoms. The van der Waals surface area contributed by atoms with Crippen molar-refractivity contribution in [3.05, 3.63) is 29.8 Å². The monoisotopic (exact) mass is 368 g/mol. The number of aliphatic hydroxyl groups is 1. The van der Waals surface area contributed by atoms with Crippen molar-refractivity contribution < 1.29 is 23.1 Å². The van der Waals surface area contributed by atoms with Gasteiger partial charge in [0.2, 0.25) is 10.0 Å². The van der Waals surface area contributed by atoms with Crippen molar-refractivity contribution in [3.63, 3.8) is 0 Å². The lowest BCUT2D eigenvalue weighted by atomic mass is 10.0. The van der Waals surface area contributed by atoms with E-state index in [9.17, 15) is 18.3 Å². The van der Waals surface area contributed by atoms with Crippen LogP contribution in [0.3, 0.4) is 0 Å². The van der Waals surface area contributed by atoms with E-state index in [0.717, 1.165) is 19.3 Å². The Hall–Kier alpha value is -1.48. The molecule has 1 aromatic carbocycles. The summed E-state index contributed by atoms with van der Waals surface area (Å²) < 4.78 is 31.5. The lowest BCUT2D eigenvalue weighted by molar-refractivity contribution is 0.0427. The van der Waals surface area contributed by atoms with Gasteiger partial charge in [-0.15, -0.1) is 0 Å². The lowest BCUT2D eigenvalue weighted by Crippen LogP contribution is -2.53. The number of methoxy groups -OCH3 is 1. The molecule has 1 aromatic rings. The molecule has 7 nitrogen and oxygen atoms in total. The number of sulfonamides is 1. The number of piperidine rings is 1. The molecule has 3 rings (SSSR count). The third-order valence-electron chi connectivity index (χ3n) is 4.79. The second-order valence-electron chi connectivity index (χ2n) is 6.61. The summed E-state index contributed by atoms with van der Waals surface area (Å²) in [6, 6.07) is 6.17. The van der Waals surface area contributed by atoms with Crippen LogP contribution in [0.2, 0.25) is 0 Å². The minimum atomic E-state index is -3.67. The summed E-state index contributed by atoms with van der Waals surface area (Å²) in [7, 11) is -2.05. The second kappa shape index (κ2) is 7.41. The predicted octanol–water partition coefficient (Wildman–Crippen LogP) is 0.693. The van der Waals surface area contributed by atoms with Gasteiger partial charge in [0.15, 0.2) is 0 Å². The number of ether oxygens (including phenoxy) is 1. The molecular formula is C17H24N2O5S. The number of carbonyl (C=O) groups is 1. The Morgan fingerprint density at radius 2 is 2.08 bits per heavy atom. The van der Waals surface area contributed by atoms with E-state index in [-0.39, 0.29) is 29.9 Å². The molecule has 2 fully saturated rings. The van der Waals surface area contributed by atoms with Crippen molar-refractivity contribution >= 4 is 15.9 Å². The second-order valence-corrected chi connectivity index (χ2v) is 8.55. The fourth-order valence-corrected chi connectivity index (χ4v) is 4.91. The first-order valence-electron chi connectivity index (χ1n) is 8.51. The maximum absolute atomic E-state index is 12.9. The third kappa shape index (κ3) is 3.72. The molecule has 0 aliphatic carbocycles. The summed E-state index contributed by atoms with van der Waals surface area (Å²) in [5, 5.41) is 9.34. The van der Waals surface area contributed by atoms with Crippen LogP contribution in [0.4, 0.5) is 0 Å². The minimum Gasteiger partial charge on any atom is -0.390 e. The Labute approximate surface area is 148 Å². The van der Waals surface area contributed by atoms with Crippen LogP contribution in [-0.2, 0) is 14.8 Å². The number of aliphatic hydroxyl groups excluding tert-OH is 1. The van der Waals surface area contributed by atoms with Gasteiger partial charge < -0.3 is 14.7 Å².